The third-order valence-electron chi connectivity index (χ3n) is 7.80. The predicted octanol–water partition coefficient (Wildman–Crippen LogP) is 10.5. The summed E-state index contributed by atoms with van der Waals surface area (Å²) in [5.41, 5.74) is 11.0. The van der Waals surface area contributed by atoms with Crippen molar-refractivity contribution in [3.05, 3.63) is 139 Å². The molecule has 0 aromatic heterocycles. The topological polar surface area (TPSA) is 0 Å². The summed E-state index contributed by atoms with van der Waals surface area (Å²) in [4.78, 5) is 0. The van der Waals surface area contributed by atoms with Crippen LogP contribution in [0.1, 0.15) is 44.2 Å². The Labute approximate surface area is 278 Å². The van der Waals surface area contributed by atoms with Crippen molar-refractivity contribution < 1.29 is 20.8 Å². The molecule has 4 heteroatoms. The molecule has 0 N–H and O–H groups in total. The summed E-state index contributed by atoms with van der Waals surface area (Å²) in [6.07, 6.45) is 2.26. The van der Waals surface area contributed by atoms with Crippen LogP contribution in [0.2, 0.25) is 0 Å². The molecule has 7 rings (SSSR count). The van der Waals surface area contributed by atoms with Gasteiger partial charge in [-0.05, 0) is 29.0 Å². The van der Waals surface area contributed by atoms with Crippen LogP contribution in [0.15, 0.2) is 121 Å². The van der Waals surface area contributed by atoms with Crippen molar-refractivity contribution in [3.8, 4) is 33.4 Å². The van der Waals surface area contributed by atoms with Crippen LogP contribution >= 0.6 is 17.0 Å². The minimum atomic E-state index is -0.826. The molecular weight excluding hydrogens is 659 g/mol. The van der Waals surface area contributed by atoms with Gasteiger partial charge in [0.25, 0.3) is 0 Å². The zero-order valence-electron chi connectivity index (χ0n) is 24.8. The number of rotatable bonds is 5. The number of fused-ring (bicyclic) bond motifs is 4. The predicted molar refractivity (Wildman–Crippen MR) is 186 cm³/mol. The smallest absolute Gasteiger partial charge is 0.0920 e. The van der Waals surface area contributed by atoms with Gasteiger partial charge in [-0.1, -0.05) is 128 Å². The zero-order valence-corrected chi connectivity index (χ0v) is 29.8. The number of benzene rings is 5. The average Bonchev–Trinajstić information content (AvgIpc) is 3.65. The minimum Gasteiger partial charge on any atom is -0.184 e. The fraction of sp³-hybridized carbons (Fsp3) is 0.154. The van der Waals surface area contributed by atoms with E-state index in [2.05, 4.69) is 142 Å². The number of aryl methyl sites for hydroxylation is 1. The minimum absolute atomic E-state index is 0.546. The molecule has 2 radical (unpaired) electrons. The van der Waals surface area contributed by atoms with E-state index in [0.717, 1.165) is 22.4 Å². The van der Waals surface area contributed by atoms with Crippen LogP contribution in [0.25, 0.3) is 44.2 Å². The largest absolute Gasteiger partial charge is 0.184 e. The van der Waals surface area contributed by atoms with Gasteiger partial charge in [-0.2, -0.15) is 35.5 Å². The summed E-state index contributed by atoms with van der Waals surface area (Å²) >= 11 is -0.826. The third-order valence-corrected chi connectivity index (χ3v) is 9.17. The third kappa shape index (κ3) is 7.38. The van der Waals surface area contributed by atoms with Crippen LogP contribution in [0.3, 0.4) is 0 Å². The van der Waals surface area contributed by atoms with Gasteiger partial charge in [0.15, 0.2) is 0 Å². The van der Waals surface area contributed by atoms with Gasteiger partial charge in [0, 0.05) is 0 Å². The Morgan fingerprint density at radius 1 is 0.767 bits per heavy atom. The number of halogens is 2. The molecule has 0 spiro atoms. The van der Waals surface area contributed by atoms with Crippen LogP contribution in [0.5, 0.6) is 0 Å². The van der Waals surface area contributed by atoms with Gasteiger partial charge in [-0.25, -0.2) is 0 Å². The molecular formula is C39H34Cl2SiZr. The zero-order chi connectivity index (χ0) is 30.2. The van der Waals surface area contributed by atoms with E-state index < -0.39 is 20.8 Å². The van der Waals surface area contributed by atoms with Crippen LogP contribution in [-0.4, -0.2) is 9.52 Å². The molecule has 43 heavy (non-hydrogen) atoms. The monoisotopic (exact) mass is 690 g/mol. The molecule has 0 unspecified atom stereocenters. The van der Waals surface area contributed by atoms with E-state index in [1.165, 1.54) is 65.7 Å². The molecule has 1 heterocycles. The molecule has 0 bridgehead atoms. The molecule has 212 valence electrons. The summed E-state index contributed by atoms with van der Waals surface area (Å²) in [6.45, 7) is 6.82. The second-order valence-corrected chi connectivity index (χ2v) is 15.9. The molecule has 0 aliphatic carbocycles. The molecule has 0 saturated carbocycles. The van der Waals surface area contributed by atoms with Crippen molar-refractivity contribution in [2.75, 3.05) is 0 Å². The van der Waals surface area contributed by atoms with Crippen LogP contribution in [0, 0.1) is 6.07 Å². The Bertz CT molecular complexity index is 1750. The van der Waals surface area contributed by atoms with E-state index in [1.54, 1.807) is 0 Å². The van der Waals surface area contributed by atoms with E-state index in [-0.39, 0.29) is 0 Å². The van der Waals surface area contributed by atoms with Crippen molar-refractivity contribution in [3.63, 3.8) is 0 Å². The molecule has 6 aromatic carbocycles. The van der Waals surface area contributed by atoms with Crippen LogP contribution < -0.4 is 10.4 Å². The summed E-state index contributed by atoms with van der Waals surface area (Å²) in [7, 11) is 10.7. The van der Waals surface area contributed by atoms with Crippen molar-refractivity contribution >= 4 is 47.7 Å². The van der Waals surface area contributed by atoms with Gasteiger partial charge in [-0.15, -0.1) is 40.1 Å². The molecule has 1 aliphatic rings. The fourth-order valence-corrected chi connectivity index (χ4v) is 7.09. The molecule has 0 nitrogen and oxygen atoms in total. The average molecular weight is 693 g/mol. The van der Waals surface area contributed by atoms with Crippen molar-refractivity contribution in [2.45, 2.75) is 39.5 Å². The van der Waals surface area contributed by atoms with E-state index in [9.17, 15) is 0 Å². The first-order valence-electron chi connectivity index (χ1n) is 14.8. The first-order chi connectivity index (χ1) is 21.0. The van der Waals surface area contributed by atoms with E-state index >= 15 is 0 Å². The first-order valence-corrected chi connectivity index (χ1v) is 22.1. The molecule has 6 aromatic rings. The molecule has 0 fully saturated rings. The molecule has 0 saturated heterocycles. The van der Waals surface area contributed by atoms with Gasteiger partial charge in [0.1, 0.15) is 0 Å². The Kier molecular flexibility index (Phi) is 11.4. The second-order valence-electron chi connectivity index (χ2n) is 10.9. The normalized spacial score (nSPS) is 11.1. The SMILES string of the molecule is CCCc1ccc2[cH-]c(C(C)C)cc2c1-c1ccccc1-c1ccccc1.[Cl][Zr+2][Cl].[c-]1cccc2c1[Si]c1ccccc1-2. The summed E-state index contributed by atoms with van der Waals surface area (Å²) in [5, 5.41) is 5.58. The molecule has 0 amide bonds. The first kappa shape index (κ1) is 31.8. The summed E-state index contributed by atoms with van der Waals surface area (Å²) in [6, 6.07) is 47.2. The van der Waals surface area contributed by atoms with E-state index in [4.69, 9.17) is 17.0 Å². The Balaban J connectivity index is 0.000000190. The van der Waals surface area contributed by atoms with Crippen LogP contribution in [-0.2, 0) is 27.3 Å². The standard InChI is InChI=1S/C27H27.C12H7Si.2ClH.Zr/c1-4-10-21-15-16-22-17-23(19(2)3)18-26(22)27(21)25-14-9-8-13-24(25)20-11-6-5-7-12-20;1-3-7-11-9(5-1)10-6-2-4-8-12(10)13-11;;;/h5-9,11-19H,4,10H2,1-3H3;1-7H;2*1H;/q2*-1;;;+4/p-2. The fourth-order valence-electron chi connectivity index (χ4n) is 5.78. The van der Waals surface area contributed by atoms with Crippen molar-refractivity contribution in [1.82, 2.24) is 0 Å². The Hall–Kier alpha value is -2.61. The summed E-state index contributed by atoms with van der Waals surface area (Å²) < 4.78 is 0. The molecule has 0 atom stereocenters. The maximum Gasteiger partial charge on any atom is 0.0920 e. The van der Waals surface area contributed by atoms with E-state index in [1.807, 2.05) is 6.07 Å². The van der Waals surface area contributed by atoms with E-state index in [0.29, 0.717) is 5.92 Å². The molecule has 1 aliphatic heterocycles. The van der Waals surface area contributed by atoms with Crippen molar-refractivity contribution in [1.29, 1.82) is 0 Å². The maximum absolute atomic E-state index is 4.93. The van der Waals surface area contributed by atoms with Crippen molar-refractivity contribution in [2.24, 2.45) is 0 Å². The van der Waals surface area contributed by atoms with Gasteiger partial charge in [0.05, 0.1) is 9.52 Å². The Morgan fingerprint density at radius 2 is 1.42 bits per heavy atom. The number of hydrogen-bond donors (Lipinski definition) is 0. The van der Waals surface area contributed by atoms with Gasteiger partial charge in [0.2, 0.25) is 0 Å². The van der Waals surface area contributed by atoms with Gasteiger partial charge >= 0.3 is 37.9 Å². The van der Waals surface area contributed by atoms with Crippen LogP contribution in [0.4, 0.5) is 0 Å². The van der Waals surface area contributed by atoms with Gasteiger partial charge < -0.3 is 0 Å². The second kappa shape index (κ2) is 15.4. The van der Waals surface area contributed by atoms with Gasteiger partial charge in [-0.3, -0.25) is 0 Å². The summed E-state index contributed by atoms with van der Waals surface area (Å²) in [5.74, 6) is 0.546. The number of hydrogen-bond acceptors (Lipinski definition) is 0. The maximum atomic E-state index is 4.93. The Morgan fingerprint density at radius 3 is 2.14 bits per heavy atom. The quantitative estimate of drug-likeness (QED) is 0.124.